The number of carbonyl (C=O) groups is 1. The molecule has 0 saturated heterocycles. The van der Waals surface area contributed by atoms with Crippen molar-refractivity contribution in [1.82, 2.24) is 10.3 Å². The number of benzene rings is 2. The number of pyridine rings is 1. The summed E-state index contributed by atoms with van der Waals surface area (Å²) in [5.41, 5.74) is 0.517. The first-order valence-corrected chi connectivity index (χ1v) is 7.80. The van der Waals surface area contributed by atoms with Crippen LogP contribution in [0.15, 0.2) is 54.7 Å². The molecule has 0 radical (unpaired) electrons. The number of aromatic nitrogens is 1. The van der Waals surface area contributed by atoms with Gasteiger partial charge in [-0.2, -0.15) is 0 Å². The van der Waals surface area contributed by atoms with Crippen molar-refractivity contribution in [2.45, 2.75) is 0 Å². The van der Waals surface area contributed by atoms with Gasteiger partial charge in [0.15, 0.2) is 0 Å². The highest BCUT2D eigenvalue weighted by Gasteiger charge is 2.11. The zero-order chi connectivity index (χ0) is 18.4. The molecular formula is C20H14F2N2O2. The van der Waals surface area contributed by atoms with E-state index in [9.17, 15) is 13.6 Å². The lowest BCUT2D eigenvalue weighted by Crippen LogP contribution is -2.24. The van der Waals surface area contributed by atoms with Crippen LogP contribution in [0.5, 0.6) is 5.75 Å². The highest BCUT2D eigenvalue weighted by atomic mass is 19.1. The maximum Gasteiger partial charge on any atom is 0.255 e. The van der Waals surface area contributed by atoms with E-state index in [0.29, 0.717) is 11.8 Å². The molecule has 1 N–H and O–H groups in total. The number of hydrogen-bond donors (Lipinski definition) is 1. The minimum absolute atomic E-state index is 0.0206. The number of carbonyl (C=O) groups excluding carboxylic acids is 1. The van der Waals surface area contributed by atoms with Crippen LogP contribution < -0.4 is 10.1 Å². The first-order chi connectivity index (χ1) is 12.6. The van der Waals surface area contributed by atoms with Crippen molar-refractivity contribution in [1.29, 1.82) is 0 Å². The fraction of sp³-hybridized carbons (Fsp3) is 0.100. The average Bonchev–Trinajstić information content (AvgIpc) is 2.64. The van der Waals surface area contributed by atoms with E-state index in [1.54, 1.807) is 12.3 Å². The number of halogens is 2. The van der Waals surface area contributed by atoms with Gasteiger partial charge in [-0.15, -0.1) is 0 Å². The summed E-state index contributed by atoms with van der Waals surface area (Å²) in [7, 11) is 0. The Hall–Kier alpha value is -3.46. The maximum atomic E-state index is 13.5. The van der Waals surface area contributed by atoms with Crippen LogP contribution in [0.4, 0.5) is 8.78 Å². The molecule has 1 heterocycles. The molecule has 0 aliphatic heterocycles. The summed E-state index contributed by atoms with van der Waals surface area (Å²) in [5.74, 6) is 3.78. The molecule has 0 aliphatic carbocycles. The molecule has 6 heteroatoms. The third-order valence-corrected chi connectivity index (χ3v) is 3.53. The summed E-state index contributed by atoms with van der Waals surface area (Å²) in [6.07, 6.45) is 1.69. The molecule has 2 aromatic carbocycles. The van der Waals surface area contributed by atoms with Crippen molar-refractivity contribution in [2.75, 3.05) is 13.2 Å². The Morgan fingerprint density at radius 3 is 2.81 bits per heavy atom. The first kappa shape index (κ1) is 17.4. The van der Waals surface area contributed by atoms with Crippen LogP contribution >= 0.6 is 0 Å². The van der Waals surface area contributed by atoms with Crippen LogP contribution in [0.2, 0.25) is 0 Å². The van der Waals surface area contributed by atoms with Gasteiger partial charge in [0.1, 0.15) is 29.5 Å². The minimum atomic E-state index is -0.915. The Kier molecular flexibility index (Phi) is 5.40. The second-order valence-corrected chi connectivity index (χ2v) is 5.28. The van der Waals surface area contributed by atoms with Gasteiger partial charge in [-0.25, -0.2) is 8.78 Å². The van der Waals surface area contributed by atoms with Gasteiger partial charge in [-0.1, -0.05) is 30.0 Å². The molecule has 26 heavy (non-hydrogen) atoms. The molecule has 1 amide bonds. The molecule has 0 fully saturated rings. The van der Waals surface area contributed by atoms with Crippen molar-refractivity contribution in [3.05, 3.63) is 71.9 Å². The number of amides is 1. The van der Waals surface area contributed by atoms with Crippen molar-refractivity contribution >= 4 is 16.8 Å². The summed E-state index contributed by atoms with van der Waals surface area (Å²) < 4.78 is 31.9. The molecule has 1 aromatic heterocycles. The third kappa shape index (κ3) is 4.14. The van der Waals surface area contributed by atoms with Crippen molar-refractivity contribution in [3.63, 3.8) is 0 Å². The summed E-state index contributed by atoms with van der Waals surface area (Å²) in [6, 6.07) is 12.2. The van der Waals surface area contributed by atoms with Crippen LogP contribution in [-0.4, -0.2) is 24.0 Å². The van der Waals surface area contributed by atoms with Gasteiger partial charge in [0.25, 0.3) is 5.91 Å². The fourth-order valence-electron chi connectivity index (χ4n) is 2.31. The number of hydrogen-bond acceptors (Lipinski definition) is 3. The molecule has 0 unspecified atom stereocenters. The molecule has 0 spiro atoms. The van der Waals surface area contributed by atoms with Gasteiger partial charge in [-0.3, -0.25) is 9.78 Å². The predicted molar refractivity (Wildman–Crippen MR) is 93.7 cm³/mol. The zero-order valence-corrected chi connectivity index (χ0v) is 13.6. The first-order valence-electron chi connectivity index (χ1n) is 7.80. The Bertz CT molecular complexity index is 1000. The largest absolute Gasteiger partial charge is 0.479 e. The highest BCUT2D eigenvalue weighted by molar-refractivity contribution is 5.94. The lowest BCUT2D eigenvalue weighted by atomic mass is 10.2. The van der Waals surface area contributed by atoms with Gasteiger partial charge in [0.2, 0.25) is 0 Å². The summed E-state index contributed by atoms with van der Waals surface area (Å²) >= 11 is 0. The Balaban J connectivity index is 1.52. The Morgan fingerprint density at radius 2 is 1.96 bits per heavy atom. The van der Waals surface area contributed by atoms with Crippen LogP contribution in [0.25, 0.3) is 10.9 Å². The molecule has 3 aromatic rings. The number of rotatable bonds is 4. The predicted octanol–water partition coefficient (Wildman–Crippen LogP) is 3.33. The minimum Gasteiger partial charge on any atom is -0.479 e. The lowest BCUT2D eigenvalue weighted by Gasteiger charge is -2.05. The van der Waals surface area contributed by atoms with E-state index < -0.39 is 17.5 Å². The number of nitrogens with one attached hydrogen (secondary N) is 1. The molecule has 0 atom stereocenters. The Labute approximate surface area is 148 Å². The van der Waals surface area contributed by atoms with Crippen LogP contribution in [0, 0.1) is 23.5 Å². The average molecular weight is 352 g/mol. The normalized spacial score (nSPS) is 10.1. The van der Waals surface area contributed by atoms with Gasteiger partial charge >= 0.3 is 0 Å². The van der Waals surface area contributed by atoms with Crippen molar-refractivity contribution in [2.24, 2.45) is 0 Å². The molecule has 0 bridgehead atoms. The second kappa shape index (κ2) is 8.08. The van der Waals surface area contributed by atoms with E-state index >= 15 is 0 Å². The van der Waals surface area contributed by atoms with Gasteiger partial charge in [0, 0.05) is 17.6 Å². The highest BCUT2D eigenvalue weighted by Crippen LogP contribution is 2.22. The number of nitrogens with zero attached hydrogens (tertiary/aromatic N) is 1. The fourth-order valence-corrected chi connectivity index (χ4v) is 2.31. The van der Waals surface area contributed by atoms with Crippen LogP contribution in [-0.2, 0) is 0 Å². The van der Waals surface area contributed by atoms with E-state index in [1.807, 2.05) is 24.3 Å². The number of fused-ring (bicyclic) bond motifs is 1. The van der Waals surface area contributed by atoms with E-state index in [-0.39, 0.29) is 18.7 Å². The van der Waals surface area contributed by atoms with Gasteiger partial charge in [0.05, 0.1) is 12.1 Å². The molecule has 130 valence electrons. The summed E-state index contributed by atoms with van der Waals surface area (Å²) in [6.45, 7) is 0.142. The van der Waals surface area contributed by atoms with E-state index in [4.69, 9.17) is 4.74 Å². The molecule has 0 aliphatic rings. The van der Waals surface area contributed by atoms with E-state index in [1.165, 1.54) is 0 Å². The molecule has 0 saturated carbocycles. The molecular weight excluding hydrogens is 338 g/mol. The van der Waals surface area contributed by atoms with Gasteiger partial charge < -0.3 is 10.1 Å². The van der Waals surface area contributed by atoms with E-state index in [2.05, 4.69) is 22.1 Å². The topological polar surface area (TPSA) is 51.2 Å². The van der Waals surface area contributed by atoms with Crippen LogP contribution in [0.3, 0.4) is 0 Å². The molecule has 3 rings (SSSR count). The van der Waals surface area contributed by atoms with Crippen molar-refractivity contribution < 1.29 is 18.3 Å². The lowest BCUT2D eigenvalue weighted by molar-refractivity contribution is 0.0954. The quantitative estimate of drug-likeness (QED) is 0.733. The van der Waals surface area contributed by atoms with E-state index in [0.717, 1.165) is 23.0 Å². The Morgan fingerprint density at radius 1 is 1.12 bits per heavy atom. The standard InChI is InChI=1S/C20H14F2N2O2/c21-15-8-9-16(17(22)13-15)20(25)24-10-1-2-12-26-18-7-3-5-14-6-4-11-23-19(14)18/h3-9,11,13H,10,12H2,(H,24,25). The SMILES string of the molecule is O=C(NCC#CCOc1cccc2cccnc12)c1ccc(F)cc1F. The monoisotopic (exact) mass is 352 g/mol. The summed E-state index contributed by atoms with van der Waals surface area (Å²) in [5, 5.41) is 3.41. The third-order valence-electron chi connectivity index (χ3n) is 3.53. The second-order valence-electron chi connectivity index (χ2n) is 5.28. The number of para-hydroxylation sites is 1. The smallest absolute Gasteiger partial charge is 0.255 e. The van der Waals surface area contributed by atoms with Gasteiger partial charge in [-0.05, 0) is 24.3 Å². The zero-order valence-electron chi connectivity index (χ0n) is 13.6. The van der Waals surface area contributed by atoms with Crippen LogP contribution in [0.1, 0.15) is 10.4 Å². The van der Waals surface area contributed by atoms with Crippen molar-refractivity contribution in [3.8, 4) is 17.6 Å². The maximum absolute atomic E-state index is 13.5. The molecule has 4 nitrogen and oxygen atoms in total. The number of ether oxygens (including phenoxy) is 1. The summed E-state index contributed by atoms with van der Waals surface area (Å²) in [4.78, 5) is 16.1.